The number of carbonyl (C=O) groups excluding carboxylic acids is 4. The van der Waals surface area contributed by atoms with E-state index < -0.39 is 14.8 Å². The molecule has 4 aliphatic rings. The van der Waals surface area contributed by atoms with Gasteiger partial charge in [-0.05, 0) is 94.8 Å². The Bertz CT molecular complexity index is 5740. The second-order valence-corrected chi connectivity index (χ2v) is 34.7. The average molecular weight is 1890 g/mol. The van der Waals surface area contributed by atoms with Gasteiger partial charge in [-0.2, -0.15) is 20.4 Å². The van der Waals surface area contributed by atoms with Gasteiger partial charge in [-0.3, -0.25) is 68.2 Å². The maximum Gasteiger partial charge on any atom is 0.569 e. The molecule has 16 rings (SSSR count). The van der Waals surface area contributed by atoms with Crippen molar-refractivity contribution in [2.24, 2.45) is 0 Å². The molecule has 0 saturated heterocycles. The smallest absolute Gasteiger partial charge is 0.530 e. The van der Waals surface area contributed by atoms with Crippen LogP contribution in [0.4, 0.5) is 22.7 Å². The zero-order valence-electron chi connectivity index (χ0n) is 65.4. The predicted octanol–water partition coefficient (Wildman–Crippen LogP) is 12.6. The molecule has 16 heterocycles. The Morgan fingerprint density at radius 3 is 1.18 bits per heavy atom. The van der Waals surface area contributed by atoms with E-state index in [4.69, 9.17) is 76.1 Å². The molecule has 3 N–H and O–H groups in total. The van der Waals surface area contributed by atoms with E-state index in [9.17, 15) is 49.5 Å². The number of nitrogen functional groups attached to an aromatic ring is 1. The molecule has 0 unspecified atom stereocenters. The normalized spacial score (nSPS) is 12.7. The first-order valence-corrected chi connectivity index (χ1v) is 42.6. The van der Waals surface area contributed by atoms with Crippen LogP contribution in [0.1, 0.15) is 67.8 Å². The number of amides is 4. The molecule has 0 atom stereocenters. The number of nitro groups is 3. The van der Waals surface area contributed by atoms with Crippen molar-refractivity contribution in [1.82, 2.24) is 78.7 Å². The lowest BCUT2D eigenvalue weighted by Gasteiger charge is -2.16. The fourth-order valence-electron chi connectivity index (χ4n) is 13.1. The van der Waals surface area contributed by atoms with E-state index >= 15 is 0 Å². The monoisotopic (exact) mass is 1880 g/mol. The van der Waals surface area contributed by atoms with E-state index in [0.29, 0.717) is 162 Å². The van der Waals surface area contributed by atoms with E-state index in [1.54, 1.807) is 120 Å². The van der Waals surface area contributed by atoms with Crippen LogP contribution in [0.5, 0.6) is 5.06 Å². The highest BCUT2D eigenvalue weighted by atomic mass is 79.9. The Hall–Kier alpha value is -10.6. The first-order valence-electron chi connectivity index (χ1n) is 37.0. The number of aromatic nitrogens is 12. The summed E-state index contributed by atoms with van der Waals surface area (Å²) in [5, 5.41) is 60.4. The number of carbonyl (C=O) groups is 4. The van der Waals surface area contributed by atoms with Crippen molar-refractivity contribution in [1.29, 1.82) is 0 Å². The van der Waals surface area contributed by atoms with Gasteiger partial charge in [-0.1, -0.05) is 57.7 Å². The number of anilines is 1. The summed E-state index contributed by atoms with van der Waals surface area (Å²) < 4.78 is 35.2. The van der Waals surface area contributed by atoms with Gasteiger partial charge in [0.05, 0.1) is 215 Å². The standard InChI is InChI=1S/2C19H18ClN5O4S.C19H20ClN5O2S.C15H16BrN5O4.C4H3BClO2S/c1-29-7-6-24-10-12-9-23(11-15(12)22-24)19(26)8-14-16(25(27)28)3-2-13(21-14)17-4-5-18(20)30-17;1-29-7-6-24-16-11-23(10-12(16)9-21-24)19(26)8-14-15(25(27)28)3-2-13(22-14)17-4-5-18(20)30-17;1-27-7-6-25-10-12-9-24(11-16(12)23-25)19(26)8-15-13(21)2-3-14(22-15)17-4-5-18(20)28-17;1-25-5-4-20-13-9-19(8-10(13)7-17-20)15(22)6-11-12(21(23)24)2-3-14(16)18-11;6-3-1-2-4(9-3)8-5-7/h2-5,10H,6-9,11H2,1H3;2-5,9H,6-8,10-11H2,1H3;2-5,10H,6-9,11,21H2,1H3;2-3,7H,4-6,8-9H2,1H3;1-2,7H. The number of nitrogens with two attached hydrogens (primary N) is 1. The number of rotatable bonds is 28. The van der Waals surface area contributed by atoms with Crippen molar-refractivity contribution in [2.45, 2.75) is 104 Å². The van der Waals surface area contributed by atoms with Gasteiger partial charge in [0.25, 0.3) is 17.1 Å². The van der Waals surface area contributed by atoms with Crippen molar-refractivity contribution in [3.8, 4) is 36.8 Å². The quantitative estimate of drug-likeness (QED) is 0.0199. The van der Waals surface area contributed by atoms with Gasteiger partial charge in [-0.15, -0.1) is 34.0 Å². The summed E-state index contributed by atoms with van der Waals surface area (Å²) in [6.07, 6.45) is 7.12. The van der Waals surface area contributed by atoms with Crippen molar-refractivity contribution in [3.05, 3.63) is 242 Å². The van der Waals surface area contributed by atoms with Gasteiger partial charge < -0.3 is 54.0 Å². The number of ether oxygens (including phenoxy) is 4. The third-order valence-electron chi connectivity index (χ3n) is 19.1. The summed E-state index contributed by atoms with van der Waals surface area (Å²) in [7, 11) is 7.17. The minimum atomic E-state index is -0.524. The van der Waals surface area contributed by atoms with Crippen LogP contribution < -0.4 is 10.4 Å². The molecule has 46 heteroatoms. The fourth-order valence-corrected chi connectivity index (χ4v) is 17.3. The predicted molar refractivity (Wildman–Crippen MR) is 460 cm³/mol. The Labute approximate surface area is 741 Å². The maximum absolute atomic E-state index is 12.9. The lowest BCUT2D eigenvalue weighted by molar-refractivity contribution is -0.386. The number of hydrogen-bond donors (Lipinski definition) is 2. The summed E-state index contributed by atoms with van der Waals surface area (Å²) in [5.41, 5.74) is 16.7. The van der Waals surface area contributed by atoms with Gasteiger partial charge in [0.2, 0.25) is 23.6 Å². The number of nitrogens with zero attached hydrogens (tertiary/aromatic N) is 19. The molecular weight excluding hydrogens is 1810 g/mol. The van der Waals surface area contributed by atoms with Gasteiger partial charge >= 0.3 is 7.69 Å². The number of pyridine rings is 4. The van der Waals surface area contributed by atoms with Gasteiger partial charge in [0.1, 0.15) is 21.7 Å². The van der Waals surface area contributed by atoms with Crippen LogP contribution in [0.3, 0.4) is 0 Å². The summed E-state index contributed by atoms with van der Waals surface area (Å²) >= 11 is 32.1. The number of methoxy groups -OCH3 is 4. The molecule has 0 spiro atoms. The maximum atomic E-state index is 12.9. The molecule has 0 saturated carbocycles. The molecule has 0 aliphatic carbocycles. The van der Waals surface area contributed by atoms with Crippen molar-refractivity contribution < 1.29 is 62.6 Å². The topological polar surface area (TPSA) is 426 Å². The number of fused-ring (bicyclic) bond motifs is 4. The summed E-state index contributed by atoms with van der Waals surface area (Å²) in [4.78, 5) is 110. The Morgan fingerprint density at radius 1 is 0.459 bits per heavy atom. The molecule has 0 fully saturated rings. The molecule has 1 radical (unpaired) electrons. The van der Waals surface area contributed by atoms with Gasteiger partial charge in [-0.25, -0.2) is 19.9 Å². The second kappa shape index (κ2) is 42.5. The van der Waals surface area contributed by atoms with Crippen LogP contribution in [0.25, 0.3) is 31.7 Å². The minimum Gasteiger partial charge on any atom is -0.530 e. The fraction of sp³-hybridized carbons (Fsp3) is 0.316. The van der Waals surface area contributed by atoms with Crippen molar-refractivity contribution in [3.63, 3.8) is 0 Å². The van der Waals surface area contributed by atoms with E-state index in [2.05, 4.69) is 60.9 Å². The largest absolute Gasteiger partial charge is 0.569 e. The summed E-state index contributed by atoms with van der Waals surface area (Å²) in [5.74, 6) is -0.667. The SMILES string of the molecule is COCCn1cc2c(n1)CN(C(=O)Cc1nc(-c3ccc(Cl)s3)ccc1N)C2.COCCn1cc2c(n1)CN(C(=O)Cc1nc(-c3ccc(Cl)s3)ccc1[N+](=O)[O-])C2.COCCn1ncc2c1CN(C(=O)Cc1nc(-c3ccc(Cl)s3)ccc1[N+](=O)[O-])C2.COCCn1ncc2c1CN(C(=O)Cc1nc(Br)ccc1[N+](=O)[O-])C2.O[B]Oc1ccc(Cl)s1. The van der Waals surface area contributed by atoms with Crippen LogP contribution in [0, 0.1) is 30.3 Å². The van der Waals surface area contributed by atoms with Crippen LogP contribution in [0.2, 0.25) is 17.3 Å². The zero-order valence-corrected chi connectivity index (χ0v) is 73.3. The highest BCUT2D eigenvalue weighted by Crippen LogP contribution is 2.37. The highest BCUT2D eigenvalue weighted by molar-refractivity contribution is 9.10. The van der Waals surface area contributed by atoms with Gasteiger partial charge in [0.15, 0.2) is 5.06 Å². The van der Waals surface area contributed by atoms with Crippen LogP contribution in [-0.4, -0.2) is 185 Å². The molecule has 12 aromatic rings. The first kappa shape index (κ1) is 90.7. The lowest BCUT2D eigenvalue weighted by Crippen LogP contribution is -2.28. The molecule has 12 aromatic heterocycles. The Kier molecular flexibility index (Phi) is 31.6. The van der Waals surface area contributed by atoms with Crippen molar-refractivity contribution in [2.75, 3.05) is 60.6 Å². The van der Waals surface area contributed by atoms with E-state index in [1.807, 2.05) is 44.6 Å². The number of hydrogen-bond acceptors (Lipinski definition) is 29. The minimum absolute atomic E-state index is 0.0120. The number of thiophene rings is 4. The molecule has 4 aliphatic heterocycles. The molecule has 0 bridgehead atoms. The highest BCUT2D eigenvalue weighted by Gasteiger charge is 2.34. The Balaban J connectivity index is 0.000000144. The molecule has 4 amide bonds. The number of halogens is 5. The third kappa shape index (κ3) is 23.4. The molecule has 36 nitrogen and oxygen atoms in total. The molecular formula is C76H75BBrCl4N20O16S4. The summed E-state index contributed by atoms with van der Waals surface area (Å²) in [6.45, 7) is 8.39. The molecule has 122 heavy (non-hydrogen) atoms. The van der Waals surface area contributed by atoms with Crippen LogP contribution in [-0.2, 0) is 142 Å². The Morgan fingerprint density at radius 2 is 0.811 bits per heavy atom. The molecule has 0 aromatic carbocycles. The lowest BCUT2D eigenvalue weighted by atomic mass is 10.2. The summed E-state index contributed by atoms with van der Waals surface area (Å²) in [6, 6.07) is 26.6. The van der Waals surface area contributed by atoms with Crippen LogP contribution >= 0.6 is 108 Å². The van der Waals surface area contributed by atoms with Crippen molar-refractivity contribution >= 4 is 162 Å². The third-order valence-corrected chi connectivity index (χ3v) is 24.4. The van der Waals surface area contributed by atoms with Gasteiger partial charge in [0, 0.05) is 107 Å². The molecule has 637 valence electrons. The first-order chi connectivity index (χ1) is 58.7. The average Bonchev–Trinajstić information content (AvgIpc) is 1.64. The van der Waals surface area contributed by atoms with E-state index in [0.717, 1.165) is 65.4 Å². The van der Waals surface area contributed by atoms with E-state index in [-0.39, 0.29) is 83.5 Å². The van der Waals surface area contributed by atoms with E-state index in [1.165, 1.54) is 69.6 Å². The second-order valence-electron chi connectivity index (χ2n) is 27.1. The van der Waals surface area contributed by atoms with Crippen LogP contribution in [0.15, 0.2) is 126 Å². The zero-order chi connectivity index (χ0) is 86.8.